The van der Waals surface area contributed by atoms with E-state index in [4.69, 9.17) is 5.41 Å². The number of rotatable bonds is 1. The fourth-order valence-electron chi connectivity index (χ4n) is 2.41. The molecule has 0 atom stereocenters. The molecule has 1 fully saturated rings. The molecule has 0 bridgehead atoms. The highest BCUT2D eigenvalue weighted by atomic mass is 15.2. The molecule has 4 heteroatoms. The quantitative estimate of drug-likeness (QED) is 0.615. The van der Waals surface area contributed by atoms with E-state index < -0.39 is 0 Å². The minimum atomic E-state index is 0.613. The van der Waals surface area contributed by atoms with Crippen molar-refractivity contribution in [3.05, 3.63) is 36.2 Å². The van der Waals surface area contributed by atoms with Crippen LogP contribution in [0.3, 0.4) is 0 Å². The Morgan fingerprint density at radius 3 is 2.50 bits per heavy atom. The van der Waals surface area contributed by atoms with Gasteiger partial charge in [-0.05, 0) is 37.5 Å². The molecule has 0 spiro atoms. The van der Waals surface area contributed by atoms with E-state index in [2.05, 4.69) is 14.9 Å². The van der Waals surface area contributed by atoms with Crippen LogP contribution in [0.4, 0.5) is 0 Å². The molecule has 0 aliphatic carbocycles. The minimum absolute atomic E-state index is 0.613. The number of nitrogens with zero attached hydrogens (tertiary/aromatic N) is 3. The van der Waals surface area contributed by atoms with Crippen LogP contribution in [-0.4, -0.2) is 33.8 Å². The largest absolute Gasteiger partial charge is 0.357 e. The number of nitrogens with one attached hydrogen (secondary N) is 1. The van der Waals surface area contributed by atoms with E-state index in [9.17, 15) is 0 Å². The summed E-state index contributed by atoms with van der Waals surface area (Å²) < 4.78 is 0. The van der Waals surface area contributed by atoms with Crippen LogP contribution in [0.15, 0.2) is 30.6 Å². The Morgan fingerprint density at radius 1 is 1.00 bits per heavy atom. The number of amidine groups is 1. The number of fused-ring (bicyclic) bond motifs is 1. The molecular formula is C14H16N4. The maximum Gasteiger partial charge on any atom is 0.128 e. The first-order chi connectivity index (χ1) is 8.84. The zero-order chi connectivity index (χ0) is 12.4. The number of aromatic nitrogens is 2. The lowest BCUT2D eigenvalue weighted by molar-refractivity contribution is 0.341. The van der Waals surface area contributed by atoms with Crippen LogP contribution in [0, 0.1) is 5.41 Å². The third-order valence-electron chi connectivity index (χ3n) is 3.42. The van der Waals surface area contributed by atoms with Gasteiger partial charge in [-0.2, -0.15) is 0 Å². The molecule has 0 saturated carbocycles. The Kier molecular flexibility index (Phi) is 2.92. The molecule has 1 aliphatic heterocycles. The summed E-state index contributed by atoms with van der Waals surface area (Å²) >= 11 is 0. The van der Waals surface area contributed by atoms with Crippen molar-refractivity contribution in [3.63, 3.8) is 0 Å². The summed E-state index contributed by atoms with van der Waals surface area (Å²) in [7, 11) is 0. The van der Waals surface area contributed by atoms with Gasteiger partial charge in [0.2, 0.25) is 0 Å². The maximum absolute atomic E-state index is 8.28. The first-order valence-electron chi connectivity index (χ1n) is 6.39. The summed E-state index contributed by atoms with van der Waals surface area (Å²) in [4.78, 5) is 10.7. The Bertz CT molecular complexity index is 573. The highest BCUT2D eigenvalue weighted by Gasteiger charge is 2.15. The molecule has 1 N–H and O–H groups in total. The average molecular weight is 240 g/mol. The third kappa shape index (κ3) is 2.06. The number of hydrogen-bond donors (Lipinski definition) is 1. The van der Waals surface area contributed by atoms with Crippen molar-refractivity contribution in [3.8, 4) is 0 Å². The molecular weight excluding hydrogens is 224 g/mol. The van der Waals surface area contributed by atoms with E-state index in [1.807, 2.05) is 18.2 Å². The second-order valence-corrected chi connectivity index (χ2v) is 4.66. The van der Waals surface area contributed by atoms with E-state index in [1.165, 1.54) is 19.3 Å². The molecule has 92 valence electrons. The summed E-state index contributed by atoms with van der Waals surface area (Å²) in [6.45, 7) is 1.99. The van der Waals surface area contributed by atoms with E-state index in [1.54, 1.807) is 12.4 Å². The van der Waals surface area contributed by atoms with Crippen molar-refractivity contribution < 1.29 is 0 Å². The Balaban J connectivity index is 1.91. The summed E-state index contributed by atoms with van der Waals surface area (Å²) in [5.74, 6) is 0.613. The van der Waals surface area contributed by atoms with Crippen molar-refractivity contribution in [2.24, 2.45) is 0 Å². The van der Waals surface area contributed by atoms with Gasteiger partial charge in [-0.25, -0.2) is 0 Å². The topological polar surface area (TPSA) is 52.9 Å². The standard InChI is InChI=1S/C14H16N4/c15-14(18-8-2-1-3-9-18)11-4-5-12-13(10-11)17-7-6-16-12/h4-7,10,15H,1-3,8-9H2. The SMILES string of the molecule is N=C(c1ccc2nccnc2c1)N1CCCCC1. The predicted molar refractivity (Wildman–Crippen MR) is 71.8 cm³/mol. The minimum Gasteiger partial charge on any atom is -0.357 e. The average Bonchev–Trinajstić information content (AvgIpc) is 2.47. The van der Waals surface area contributed by atoms with Gasteiger partial charge in [0.15, 0.2) is 0 Å². The van der Waals surface area contributed by atoms with Crippen molar-refractivity contribution in [1.29, 1.82) is 5.41 Å². The van der Waals surface area contributed by atoms with E-state index in [-0.39, 0.29) is 0 Å². The molecule has 1 aromatic heterocycles. The smallest absolute Gasteiger partial charge is 0.128 e. The van der Waals surface area contributed by atoms with Crippen LogP contribution in [0.25, 0.3) is 11.0 Å². The normalized spacial score (nSPS) is 15.9. The molecule has 0 radical (unpaired) electrons. The van der Waals surface area contributed by atoms with E-state index in [0.29, 0.717) is 5.84 Å². The molecule has 1 aliphatic rings. The highest BCUT2D eigenvalue weighted by Crippen LogP contribution is 2.16. The molecule has 3 rings (SSSR count). The number of likely N-dealkylation sites (tertiary alicyclic amines) is 1. The zero-order valence-electron chi connectivity index (χ0n) is 10.3. The van der Waals surface area contributed by atoms with Crippen molar-refractivity contribution in [2.45, 2.75) is 19.3 Å². The first kappa shape index (κ1) is 11.1. The van der Waals surface area contributed by atoms with Gasteiger partial charge in [-0.1, -0.05) is 0 Å². The van der Waals surface area contributed by atoms with Crippen LogP contribution in [0.5, 0.6) is 0 Å². The van der Waals surface area contributed by atoms with Crippen molar-refractivity contribution in [2.75, 3.05) is 13.1 Å². The van der Waals surface area contributed by atoms with Gasteiger partial charge in [0.1, 0.15) is 5.84 Å². The van der Waals surface area contributed by atoms with Gasteiger partial charge in [0.25, 0.3) is 0 Å². The lowest BCUT2D eigenvalue weighted by atomic mass is 10.1. The lowest BCUT2D eigenvalue weighted by Crippen LogP contribution is -2.35. The fourth-order valence-corrected chi connectivity index (χ4v) is 2.41. The Morgan fingerprint density at radius 2 is 1.72 bits per heavy atom. The highest BCUT2D eigenvalue weighted by molar-refractivity contribution is 5.99. The third-order valence-corrected chi connectivity index (χ3v) is 3.42. The second kappa shape index (κ2) is 4.72. The van der Waals surface area contributed by atoms with Crippen LogP contribution >= 0.6 is 0 Å². The molecule has 1 saturated heterocycles. The van der Waals surface area contributed by atoms with Gasteiger partial charge in [-0.15, -0.1) is 0 Å². The fraction of sp³-hybridized carbons (Fsp3) is 0.357. The van der Waals surface area contributed by atoms with E-state index >= 15 is 0 Å². The molecule has 1 aromatic carbocycles. The number of hydrogen-bond acceptors (Lipinski definition) is 3. The van der Waals surface area contributed by atoms with Gasteiger partial charge in [0.05, 0.1) is 11.0 Å². The molecule has 2 heterocycles. The van der Waals surface area contributed by atoms with Crippen molar-refractivity contribution in [1.82, 2.24) is 14.9 Å². The summed E-state index contributed by atoms with van der Waals surface area (Å²) in [5.41, 5.74) is 2.68. The van der Waals surface area contributed by atoms with Crippen LogP contribution < -0.4 is 0 Å². The second-order valence-electron chi connectivity index (χ2n) is 4.66. The molecule has 4 nitrogen and oxygen atoms in total. The predicted octanol–water partition coefficient (Wildman–Crippen LogP) is 2.44. The molecule has 2 aromatic rings. The van der Waals surface area contributed by atoms with Crippen LogP contribution in [0.1, 0.15) is 24.8 Å². The monoisotopic (exact) mass is 240 g/mol. The summed E-state index contributed by atoms with van der Waals surface area (Å²) in [5, 5.41) is 8.28. The Hall–Kier alpha value is -1.97. The van der Waals surface area contributed by atoms with Gasteiger partial charge >= 0.3 is 0 Å². The first-order valence-corrected chi connectivity index (χ1v) is 6.39. The van der Waals surface area contributed by atoms with E-state index in [0.717, 1.165) is 29.7 Å². The molecule has 0 unspecified atom stereocenters. The number of piperidine rings is 1. The van der Waals surface area contributed by atoms with Gasteiger partial charge < -0.3 is 4.90 Å². The number of benzene rings is 1. The van der Waals surface area contributed by atoms with Crippen molar-refractivity contribution >= 4 is 16.9 Å². The zero-order valence-corrected chi connectivity index (χ0v) is 10.3. The summed E-state index contributed by atoms with van der Waals surface area (Å²) in [6, 6.07) is 5.86. The van der Waals surface area contributed by atoms with Gasteiger partial charge in [-0.3, -0.25) is 15.4 Å². The maximum atomic E-state index is 8.28. The summed E-state index contributed by atoms with van der Waals surface area (Å²) in [6.07, 6.45) is 7.05. The molecule has 18 heavy (non-hydrogen) atoms. The molecule has 0 amide bonds. The van der Waals surface area contributed by atoms with Crippen LogP contribution in [-0.2, 0) is 0 Å². The van der Waals surface area contributed by atoms with Gasteiger partial charge in [0, 0.05) is 31.0 Å². The van der Waals surface area contributed by atoms with Crippen LogP contribution in [0.2, 0.25) is 0 Å². The Labute approximate surface area is 106 Å². The lowest BCUT2D eigenvalue weighted by Gasteiger charge is -2.29.